The van der Waals surface area contributed by atoms with E-state index in [2.05, 4.69) is 35.8 Å². The Balaban J connectivity index is 0.000000908. The molecule has 3 aliphatic rings. The highest BCUT2D eigenvalue weighted by Crippen LogP contribution is 2.49. The van der Waals surface area contributed by atoms with Crippen molar-refractivity contribution in [1.29, 1.82) is 0 Å². The van der Waals surface area contributed by atoms with Crippen molar-refractivity contribution >= 4 is 11.7 Å². The van der Waals surface area contributed by atoms with Gasteiger partial charge in [0.1, 0.15) is 11.6 Å². The van der Waals surface area contributed by atoms with Gasteiger partial charge in [0.15, 0.2) is 0 Å². The maximum atomic E-state index is 13.3. The van der Waals surface area contributed by atoms with Crippen LogP contribution in [-0.2, 0) is 24.2 Å². The molecule has 2 aliphatic heterocycles. The van der Waals surface area contributed by atoms with Gasteiger partial charge in [-0.15, -0.1) is 0 Å². The van der Waals surface area contributed by atoms with Crippen LogP contribution in [0.2, 0.25) is 0 Å². The number of anilines is 1. The van der Waals surface area contributed by atoms with E-state index in [0.29, 0.717) is 18.4 Å². The zero-order valence-electron chi connectivity index (χ0n) is 31.2. The molecule has 3 aromatic rings. The van der Waals surface area contributed by atoms with Crippen molar-refractivity contribution in [3.63, 3.8) is 0 Å². The molecule has 1 aliphatic carbocycles. The number of likely N-dealkylation sites (tertiary alicyclic amines) is 1. The van der Waals surface area contributed by atoms with E-state index in [9.17, 15) is 14.3 Å². The number of nitrogens with zero attached hydrogens (tertiary/aromatic N) is 3. The lowest BCUT2D eigenvalue weighted by Gasteiger charge is -2.48. The third-order valence-corrected chi connectivity index (χ3v) is 10.7. The summed E-state index contributed by atoms with van der Waals surface area (Å²) in [5, 5.41) is 18.5. The summed E-state index contributed by atoms with van der Waals surface area (Å²) < 4.78 is 19.4. The van der Waals surface area contributed by atoms with E-state index in [0.717, 1.165) is 90.6 Å². The summed E-state index contributed by atoms with van der Waals surface area (Å²) in [6.45, 7) is 17.1. The van der Waals surface area contributed by atoms with Gasteiger partial charge >= 0.3 is 5.97 Å². The summed E-state index contributed by atoms with van der Waals surface area (Å²) in [7, 11) is 0. The minimum atomic E-state index is -0.830. The minimum Gasteiger partial charge on any atom is -0.493 e. The van der Waals surface area contributed by atoms with Crippen LogP contribution >= 0.6 is 0 Å². The van der Waals surface area contributed by atoms with Gasteiger partial charge in [-0.3, -0.25) is 14.7 Å². The fourth-order valence-corrected chi connectivity index (χ4v) is 7.48. The predicted molar refractivity (Wildman–Crippen MR) is 199 cm³/mol. The summed E-state index contributed by atoms with van der Waals surface area (Å²) in [5.74, 6) is -0.290. The number of aromatic nitrogens is 1. The Morgan fingerprint density at radius 1 is 0.920 bits per heavy atom. The molecule has 1 aromatic heterocycles. The molecule has 2 saturated heterocycles. The first-order valence-electron chi connectivity index (χ1n) is 18.5. The summed E-state index contributed by atoms with van der Waals surface area (Å²) in [6, 6.07) is 14.8. The first-order chi connectivity index (χ1) is 23.6. The van der Waals surface area contributed by atoms with E-state index in [-0.39, 0.29) is 17.7 Å². The molecule has 1 saturated carbocycles. The van der Waals surface area contributed by atoms with Gasteiger partial charge in [0.2, 0.25) is 0 Å². The molecule has 1 spiro atoms. The second kappa shape index (κ2) is 15.8. The normalized spacial score (nSPS) is 18.6. The van der Waals surface area contributed by atoms with Gasteiger partial charge in [-0.1, -0.05) is 44.5 Å². The summed E-state index contributed by atoms with van der Waals surface area (Å²) in [4.78, 5) is 22.3. The highest BCUT2D eigenvalue weighted by Gasteiger charge is 2.40. The Labute approximate surface area is 298 Å². The maximum absolute atomic E-state index is 13.3. The Kier molecular flexibility index (Phi) is 11.9. The second-order valence-electron chi connectivity index (χ2n) is 16.6. The number of piperidine rings is 2. The minimum absolute atomic E-state index is 0.0435. The quantitative estimate of drug-likeness (QED) is 0.221. The van der Waals surface area contributed by atoms with Crippen LogP contribution in [0.25, 0.3) is 11.1 Å². The average molecular weight is 688 g/mol. The monoisotopic (exact) mass is 687 g/mol. The third kappa shape index (κ3) is 10.3. The highest BCUT2D eigenvalue weighted by atomic mass is 19.1. The van der Waals surface area contributed by atoms with Crippen molar-refractivity contribution in [2.75, 3.05) is 37.7 Å². The van der Waals surface area contributed by atoms with Crippen molar-refractivity contribution in [2.24, 2.45) is 10.8 Å². The Bertz CT molecular complexity index is 1570. The molecule has 0 amide bonds. The molecule has 0 radical (unpaired) electrons. The molecule has 0 atom stereocenters. The fourth-order valence-electron chi connectivity index (χ4n) is 7.48. The van der Waals surface area contributed by atoms with Crippen LogP contribution in [0.1, 0.15) is 102 Å². The first-order valence-corrected chi connectivity index (χ1v) is 18.5. The SMILES string of the molecule is CC(C)(C)O.Cc1nc(CN2CCC3(CCC3)CC2)c(-c2ccc(OCCc3ccc(F)cc3)cc2)c(N2CCC(C)(C)CC2)c1CC(=O)O. The van der Waals surface area contributed by atoms with Crippen LogP contribution in [-0.4, -0.2) is 64.5 Å². The lowest BCUT2D eigenvalue weighted by Crippen LogP contribution is -2.43. The summed E-state index contributed by atoms with van der Waals surface area (Å²) >= 11 is 0. The first kappa shape index (κ1) is 37.8. The molecule has 3 fully saturated rings. The molecular weight excluding hydrogens is 629 g/mol. The van der Waals surface area contributed by atoms with E-state index in [1.54, 1.807) is 32.9 Å². The Morgan fingerprint density at radius 2 is 1.52 bits per heavy atom. The van der Waals surface area contributed by atoms with E-state index in [1.807, 2.05) is 19.1 Å². The van der Waals surface area contributed by atoms with E-state index in [4.69, 9.17) is 14.8 Å². The zero-order valence-corrected chi connectivity index (χ0v) is 31.2. The lowest BCUT2D eigenvalue weighted by atomic mass is 9.63. The van der Waals surface area contributed by atoms with Crippen molar-refractivity contribution < 1.29 is 24.1 Å². The predicted octanol–water partition coefficient (Wildman–Crippen LogP) is 8.61. The van der Waals surface area contributed by atoms with Crippen molar-refractivity contribution in [2.45, 2.75) is 111 Å². The Morgan fingerprint density at radius 3 is 2.06 bits per heavy atom. The van der Waals surface area contributed by atoms with Crippen LogP contribution in [0.5, 0.6) is 5.75 Å². The molecular formula is C42H58FN3O4. The van der Waals surface area contributed by atoms with Gasteiger partial charge in [0.25, 0.3) is 0 Å². The number of pyridine rings is 1. The summed E-state index contributed by atoms with van der Waals surface area (Å²) in [5.41, 5.74) is 7.23. The number of aryl methyl sites for hydroxylation is 1. The van der Waals surface area contributed by atoms with Gasteiger partial charge in [-0.25, -0.2) is 4.39 Å². The number of carboxylic acids is 1. The van der Waals surface area contributed by atoms with Crippen LogP contribution in [0, 0.1) is 23.6 Å². The van der Waals surface area contributed by atoms with Crippen LogP contribution < -0.4 is 9.64 Å². The molecule has 8 heteroatoms. The van der Waals surface area contributed by atoms with Crippen LogP contribution in [0.4, 0.5) is 10.1 Å². The smallest absolute Gasteiger partial charge is 0.307 e. The van der Waals surface area contributed by atoms with Crippen LogP contribution in [0.15, 0.2) is 48.5 Å². The number of rotatable bonds is 10. The number of ether oxygens (including phenoxy) is 1. The fraction of sp³-hybridized carbons (Fsp3) is 0.571. The second-order valence-corrected chi connectivity index (χ2v) is 16.6. The number of aliphatic hydroxyl groups is 1. The number of halogens is 1. The topological polar surface area (TPSA) is 86.1 Å². The van der Waals surface area contributed by atoms with Gasteiger partial charge in [0, 0.05) is 42.9 Å². The van der Waals surface area contributed by atoms with Crippen molar-refractivity contribution in [3.05, 3.63) is 76.9 Å². The number of hydrogen-bond donors (Lipinski definition) is 2. The number of aliphatic carboxylic acids is 1. The largest absolute Gasteiger partial charge is 0.493 e. The van der Waals surface area contributed by atoms with Crippen molar-refractivity contribution in [3.8, 4) is 16.9 Å². The number of benzene rings is 2. The molecule has 3 heterocycles. The van der Waals surface area contributed by atoms with Gasteiger partial charge in [0.05, 0.1) is 30.0 Å². The van der Waals surface area contributed by atoms with Crippen LogP contribution in [0.3, 0.4) is 0 Å². The average Bonchev–Trinajstić information content (AvgIpc) is 3.02. The lowest BCUT2D eigenvalue weighted by molar-refractivity contribution is -0.136. The molecule has 7 nitrogen and oxygen atoms in total. The highest BCUT2D eigenvalue weighted by molar-refractivity contribution is 5.86. The molecule has 272 valence electrons. The maximum Gasteiger partial charge on any atom is 0.307 e. The molecule has 0 unspecified atom stereocenters. The molecule has 6 rings (SSSR count). The standard InChI is InChI=1S/C38H48FN3O3.C4H10O/c1-27-32(25-34(43)44)36(42-22-16-37(2,3)17-23-42)35(33(40-27)26-41-20-18-38(19-21-41)14-4-15-38)29-7-11-31(12-8-29)45-24-13-28-5-9-30(39)10-6-28;1-4(2,3)5/h5-12H,4,13-26H2,1-3H3,(H,43,44);5H,1-3H3. The number of carbonyl (C=O) groups is 1. The molecule has 50 heavy (non-hydrogen) atoms. The zero-order chi connectivity index (χ0) is 36.1. The van der Waals surface area contributed by atoms with Crippen molar-refractivity contribution in [1.82, 2.24) is 9.88 Å². The molecule has 2 aromatic carbocycles. The summed E-state index contributed by atoms with van der Waals surface area (Å²) in [6.07, 6.45) is 9.42. The van der Waals surface area contributed by atoms with Gasteiger partial charge in [-0.2, -0.15) is 0 Å². The van der Waals surface area contributed by atoms with E-state index >= 15 is 0 Å². The third-order valence-electron chi connectivity index (χ3n) is 10.7. The Hall–Kier alpha value is -3.49. The number of hydrogen-bond acceptors (Lipinski definition) is 6. The van der Waals surface area contributed by atoms with Gasteiger partial charge in [-0.05, 0) is 126 Å². The van der Waals surface area contributed by atoms with E-state index < -0.39 is 11.6 Å². The number of carboxylic acid groups (broad SMARTS) is 1. The molecule has 2 N–H and O–H groups in total. The molecule has 0 bridgehead atoms. The van der Waals surface area contributed by atoms with Gasteiger partial charge < -0.3 is 19.8 Å². The van der Waals surface area contributed by atoms with E-state index in [1.165, 1.54) is 44.2 Å².